The molecular weight excluding hydrogens is 296 g/mol. The Hall–Kier alpha value is -1.05. The first-order valence-electron chi connectivity index (χ1n) is 6.47. The molecule has 0 fully saturated rings. The lowest BCUT2D eigenvalue weighted by molar-refractivity contribution is -0.138. The van der Waals surface area contributed by atoms with Crippen molar-refractivity contribution in [2.45, 2.75) is 25.4 Å². The van der Waals surface area contributed by atoms with Gasteiger partial charge >= 0.3 is 5.97 Å². The van der Waals surface area contributed by atoms with E-state index < -0.39 is 12.0 Å². The topological polar surface area (TPSA) is 83.6 Å². The molecule has 0 bridgehead atoms. The Bertz CT molecular complexity index is 490. The zero-order valence-electron chi connectivity index (χ0n) is 11.1. The highest BCUT2D eigenvalue weighted by Gasteiger charge is 2.21. The van der Waals surface area contributed by atoms with E-state index in [-0.39, 0.29) is 5.91 Å². The van der Waals surface area contributed by atoms with Gasteiger partial charge in [-0.05, 0) is 35.6 Å². The molecule has 1 amide bonds. The Morgan fingerprint density at radius 2 is 2.35 bits per heavy atom. The highest BCUT2D eigenvalue weighted by atomic mass is 32.2. The number of hydrogen-bond acceptors (Lipinski definition) is 5. The largest absolute Gasteiger partial charge is 0.480 e. The molecule has 3 N–H and O–H groups in total. The normalized spacial score (nSPS) is 15.8. The van der Waals surface area contributed by atoms with Gasteiger partial charge in [-0.3, -0.25) is 9.59 Å². The number of carbonyl (C=O) groups is 2. The Labute approximate surface area is 126 Å². The third-order valence-electron chi connectivity index (χ3n) is 3.28. The molecule has 1 unspecified atom stereocenters. The molecule has 0 aliphatic carbocycles. The van der Waals surface area contributed by atoms with Gasteiger partial charge in [0.1, 0.15) is 6.04 Å². The van der Waals surface area contributed by atoms with Crippen LogP contribution < -0.4 is 5.73 Å². The molecule has 1 aromatic rings. The number of hydrogen-bond donors (Lipinski definition) is 2. The number of carboxylic acid groups (broad SMARTS) is 1. The van der Waals surface area contributed by atoms with Gasteiger partial charge in [0, 0.05) is 18.0 Å². The van der Waals surface area contributed by atoms with Gasteiger partial charge in [0.15, 0.2) is 0 Å². The first kappa shape index (κ1) is 15.3. The Morgan fingerprint density at radius 3 is 3.10 bits per heavy atom. The maximum absolute atomic E-state index is 12.1. The average Bonchev–Trinajstić information content (AvgIpc) is 2.90. The quantitative estimate of drug-likeness (QED) is 0.770. The molecule has 0 radical (unpaired) electrons. The highest BCUT2D eigenvalue weighted by molar-refractivity contribution is 7.99. The van der Waals surface area contributed by atoms with Crippen molar-refractivity contribution in [2.75, 3.05) is 18.1 Å². The van der Waals surface area contributed by atoms with Crippen molar-refractivity contribution < 1.29 is 14.7 Å². The Balaban J connectivity index is 1.70. The predicted octanol–water partition coefficient (Wildman–Crippen LogP) is 1.17. The van der Waals surface area contributed by atoms with E-state index in [1.54, 1.807) is 11.3 Å². The van der Waals surface area contributed by atoms with Gasteiger partial charge < -0.3 is 15.7 Å². The number of fused-ring (bicyclic) bond motifs is 1. The zero-order chi connectivity index (χ0) is 14.5. The minimum atomic E-state index is -0.988. The highest BCUT2D eigenvalue weighted by Crippen LogP contribution is 2.24. The molecule has 20 heavy (non-hydrogen) atoms. The number of nitrogens with two attached hydrogens (primary N) is 1. The van der Waals surface area contributed by atoms with Crippen LogP contribution in [-0.2, 0) is 22.6 Å². The fourth-order valence-corrected chi connectivity index (χ4v) is 3.86. The van der Waals surface area contributed by atoms with Gasteiger partial charge in [0.05, 0.1) is 5.75 Å². The van der Waals surface area contributed by atoms with Crippen LogP contribution in [0, 0.1) is 0 Å². The van der Waals surface area contributed by atoms with Crippen molar-refractivity contribution in [3.8, 4) is 0 Å². The molecule has 1 aliphatic heterocycles. The average molecular weight is 314 g/mol. The lowest BCUT2D eigenvalue weighted by atomic mass is 10.1. The molecular formula is C13H18N2O3S2. The van der Waals surface area contributed by atoms with Crippen LogP contribution in [-0.4, -0.2) is 46.0 Å². The molecule has 7 heteroatoms. The summed E-state index contributed by atoms with van der Waals surface area (Å²) in [4.78, 5) is 25.9. The van der Waals surface area contributed by atoms with Crippen molar-refractivity contribution in [3.63, 3.8) is 0 Å². The van der Waals surface area contributed by atoms with Crippen LogP contribution >= 0.6 is 23.1 Å². The van der Waals surface area contributed by atoms with Gasteiger partial charge in [-0.2, -0.15) is 11.8 Å². The second-order valence-corrected chi connectivity index (χ2v) is 6.83. The van der Waals surface area contributed by atoms with Crippen LogP contribution in [0.3, 0.4) is 0 Å². The van der Waals surface area contributed by atoms with Crippen molar-refractivity contribution in [1.29, 1.82) is 0 Å². The van der Waals surface area contributed by atoms with E-state index in [1.165, 1.54) is 22.2 Å². The number of carboxylic acids is 1. The van der Waals surface area contributed by atoms with Gasteiger partial charge in [0.25, 0.3) is 0 Å². The van der Waals surface area contributed by atoms with Gasteiger partial charge in [-0.25, -0.2) is 0 Å². The first-order valence-corrected chi connectivity index (χ1v) is 8.50. The van der Waals surface area contributed by atoms with Gasteiger partial charge in [-0.15, -0.1) is 11.3 Å². The van der Waals surface area contributed by atoms with Crippen LogP contribution in [0.15, 0.2) is 11.4 Å². The van der Waals surface area contributed by atoms with E-state index in [0.717, 1.165) is 13.0 Å². The summed E-state index contributed by atoms with van der Waals surface area (Å²) in [6.45, 7) is 1.48. The summed E-state index contributed by atoms with van der Waals surface area (Å²) in [5.41, 5.74) is 6.67. The Morgan fingerprint density at radius 1 is 1.55 bits per heavy atom. The monoisotopic (exact) mass is 314 g/mol. The molecule has 0 spiro atoms. The molecule has 2 heterocycles. The van der Waals surface area contributed by atoms with E-state index in [2.05, 4.69) is 11.4 Å². The summed E-state index contributed by atoms with van der Waals surface area (Å²) in [7, 11) is 0. The zero-order valence-corrected chi connectivity index (χ0v) is 12.7. The summed E-state index contributed by atoms with van der Waals surface area (Å²) in [5, 5.41) is 10.7. The van der Waals surface area contributed by atoms with Crippen molar-refractivity contribution in [3.05, 3.63) is 21.9 Å². The smallest absolute Gasteiger partial charge is 0.320 e. The Kier molecular flexibility index (Phi) is 5.45. The lowest BCUT2D eigenvalue weighted by Crippen LogP contribution is -2.36. The van der Waals surface area contributed by atoms with Crippen LogP contribution in [0.2, 0.25) is 0 Å². The second-order valence-electron chi connectivity index (χ2n) is 4.72. The fourth-order valence-electron chi connectivity index (χ4n) is 2.05. The van der Waals surface area contributed by atoms with Crippen molar-refractivity contribution in [1.82, 2.24) is 4.90 Å². The number of amides is 1. The van der Waals surface area contributed by atoms with Crippen LogP contribution in [0.25, 0.3) is 0 Å². The van der Waals surface area contributed by atoms with Crippen molar-refractivity contribution in [2.24, 2.45) is 5.73 Å². The van der Waals surface area contributed by atoms with E-state index in [9.17, 15) is 9.59 Å². The molecule has 1 aliphatic rings. The summed E-state index contributed by atoms with van der Waals surface area (Å²) in [6.07, 6.45) is 1.33. The predicted molar refractivity (Wildman–Crippen MR) is 81.0 cm³/mol. The number of thiophene rings is 1. The van der Waals surface area contributed by atoms with Crippen LogP contribution in [0.4, 0.5) is 0 Å². The number of rotatable bonds is 6. The standard InChI is InChI=1S/C13H18N2O3S2/c14-10(13(17)18)3-5-19-8-12(16)15-4-1-11-9(7-15)2-6-20-11/h2,6,10H,1,3-5,7-8,14H2,(H,17,18). The fraction of sp³-hybridized carbons (Fsp3) is 0.538. The summed E-state index contributed by atoms with van der Waals surface area (Å²) in [5.74, 6) is 0.122. The summed E-state index contributed by atoms with van der Waals surface area (Å²) < 4.78 is 0. The molecule has 1 atom stereocenters. The van der Waals surface area contributed by atoms with E-state index in [0.29, 0.717) is 24.5 Å². The van der Waals surface area contributed by atoms with Gasteiger partial charge in [0.2, 0.25) is 5.91 Å². The molecule has 2 rings (SSSR count). The van der Waals surface area contributed by atoms with Crippen molar-refractivity contribution >= 4 is 35.0 Å². The molecule has 0 saturated carbocycles. The first-order chi connectivity index (χ1) is 9.58. The minimum absolute atomic E-state index is 0.121. The third-order valence-corrected chi connectivity index (χ3v) is 5.27. The number of carbonyl (C=O) groups excluding carboxylic acids is 1. The molecule has 5 nitrogen and oxygen atoms in total. The molecule has 0 saturated heterocycles. The molecule has 1 aromatic heterocycles. The number of nitrogens with zero attached hydrogens (tertiary/aromatic N) is 1. The van der Waals surface area contributed by atoms with E-state index in [1.807, 2.05) is 4.90 Å². The van der Waals surface area contributed by atoms with Gasteiger partial charge in [-0.1, -0.05) is 0 Å². The SMILES string of the molecule is NC(CCSCC(=O)N1CCc2sccc2C1)C(=O)O. The van der Waals surface area contributed by atoms with E-state index in [4.69, 9.17) is 10.8 Å². The number of thioether (sulfide) groups is 1. The summed E-state index contributed by atoms with van der Waals surface area (Å²) >= 11 is 3.21. The van der Waals surface area contributed by atoms with Crippen LogP contribution in [0.5, 0.6) is 0 Å². The summed E-state index contributed by atoms with van der Waals surface area (Å²) in [6, 6.07) is 1.25. The maximum Gasteiger partial charge on any atom is 0.320 e. The second kappa shape index (κ2) is 7.10. The maximum atomic E-state index is 12.1. The van der Waals surface area contributed by atoms with Crippen LogP contribution in [0.1, 0.15) is 16.9 Å². The third kappa shape index (κ3) is 3.97. The number of aliphatic carboxylic acids is 1. The molecule has 0 aromatic carbocycles. The minimum Gasteiger partial charge on any atom is -0.480 e. The lowest BCUT2D eigenvalue weighted by Gasteiger charge is -2.27. The van der Waals surface area contributed by atoms with E-state index >= 15 is 0 Å². The molecule has 110 valence electrons.